The van der Waals surface area contributed by atoms with Crippen LogP contribution in [0.2, 0.25) is 0 Å². The number of hydrogen-bond donors (Lipinski definition) is 1. The number of fused-ring (bicyclic) bond motifs is 1. The molecule has 5 aromatic rings. The molecule has 1 aliphatic rings. The average molecular weight is 632 g/mol. The summed E-state index contributed by atoms with van der Waals surface area (Å²) in [5.74, 6) is -0.848. The highest BCUT2D eigenvalue weighted by molar-refractivity contribution is 6.22. The Bertz CT molecular complexity index is 2050. The largest absolute Gasteiger partial charge is 0.445 e. The number of nitrogens with zero attached hydrogens (tertiary/aromatic N) is 6. The first-order chi connectivity index (χ1) is 22.7. The van der Waals surface area contributed by atoms with Gasteiger partial charge >= 0.3 is 6.09 Å². The molecule has 47 heavy (non-hydrogen) atoms. The van der Waals surface area contributed by atoms with Crippen LogP contribution in [0.3, 0.4) is 0 Å². The maximum absolute atomic E-state index is 14.7. The van der Waals surface area contributed by atoms with Gasteiger partial charge in [-0.15, -0.1) is 0 Å². The van der Waals surface area contributed by atoms with Crippen LogP contribution in [-0.4, -0.2) is 42.8 Å². The van der Waals surface area contributed by atoms with E-state index in [1.54, 1.807) is 48.5 Å². The number of imidazole rings is 1. The second-order valence-electron chi connectivity index (χ2n) is 10.5. The van der Waals surface area contributed by atoms with E-state index in [0.717, 1.165) is 17.7 Å². The van der Waals surface area contributed by atoms with Crippen LogP contribution in [0.5, 0.6) is 0 Å². The minimum absolute atomic E-state index is 0.0651. The molecular formula is C33H25N7O7. The van der Waals surface area contributed by atoms with E-state index in [2.05, 4.69) is 10.3 Å². The number of hydrogen-bond acceptors (Lipinski definition) is 9. The van der Waals surface area contributed by atoms with Crippen LogP contribution < -0.4 is 10.2 Å². The Hall–Kier alpha value is -6.70. The van der Waals surface area contributed by atoms with Crippen LogP contribution in [0.25, 0.3) is 5.69 Å². The minimum Gasteiger partial charge on any atom is -0.445 e. The van der Waals surface area contributed by atoms with Crippen molar-refractivity contribution in [2.45, 2.75) is 19.2 Å². The molecule has 2 amide bonds. The van der Waals surface area contributed by atoms with Gasteiger partial charge in [0.1, 0.15) is 12.3 Å². The number of nitro groups is 2. The van der Waals surface area contributed by atoms with E-state index in [1.807, 2.05) is 36.4 Å². The minimum atomic E-state index is -1.98. The van der Waals surface area contributed by atoms with Crippen molar-refractivity contribution in [1.82, 2.24) is 14.9 Å². The fourth-order valence-corrected chi connectivity index (χ4v) is 5.21. The SMILES string of the molecule is CC1(NC(=O)OCc2ccccc2)N=C(c2ccccc2)c2ccccc2N(c2nccn2-c2ccc([N+](=O)[O-])cc2[N+](=O)[O-])C1=O. The molecule has 0 spiro atoms. The summed E-state index contributed by atoms with van der Waals surface area (Å²) in [5, 5.41) is 26.1. The van der Waals surface area contributed by atoms with Gasteiger partial charge < -0.3 is 4.74 Å². The third-order valence-electron chi connectivity index (χ3n) is 7.41. The number of carbonyl (C=O) groups excluding carboxylic acids is 2. The van der Waals surface area contributed by atoms with E-state index in [0.29, 0.717) is 22.5 Å². The van der Waals surface area contributed by atoms with Gasteiger partial charge in [-0.1, -0.05) is 78.9 Å². The van der Waals surface area contributed by atoms with E-state index in [9.17, 15) is 29.8 Å². The van der Waals surface area contributed by atoms with Gasteiger partial charge in [0.15, 0.2) is 0 Å². The second kappa shape index (κ2) is 12.4. The molecule has 14 heteroatoms. The number of nitrogens with one attached hydrogen (secondary N) is 1. The number of carbonyl (C=O) groups is 2. The fourth-order valence-electron chi connectivity index (χ4n) is 5.21. The average Bonchev–Trinajstić information content (AvgIpc) is 3.53. The Balaban J connectivity index is 1.50. The smallest absolute Gasteiger partial charge is 0.409 e. The summed E-state index contributed by atoms with van der Waals surface area (Å²) in [6, 6.07) is 28.1. The van der Waals surface area contributed by atoms with Gasteiger partial charge in [-0.25, -0.2) is 19.7 Å². The molecule has 1 atom stereocenters. The zero-order valence-electron chi connectivity index (χ0n) is 24.7. The molecule has 1 N–H and O–H groups in total. The predicted molar refractivity (Wildman–Crippen MR) is 171 cm³/mol. The highest BCUT2D eigenvalue weighted by Crippen LogP contribution is 2.38. The lowest BCUT2D eigenvalue weighted by atomic mass is 10.0. The third-order valence-corrected chi connectivity index (χ3v) is 7.41. The third kappa shape index (κ3) is 5.90. The van der Waals surface area contributed by atoms with Crippen LogP contribution >= 0.6 is 0 Å². The predicted octanol–water partition coefficient (Wildman–Crippen LogP) is 5.85. The molecule has 4 aromatic carbocycles. The van der Waals surface area contributed by atoms with Crippen molar-refractivity contribution < 1.29 is 24.2 Å². The molecule has 6 rings (SSSR count). The Labute approximate surface area is 266 Å². The summed E-state index contributed by atoms with van der Waals surface area (Å²) in [4.78, 5) is 60.4. The second-order valence-corrected chi connectivity index (χ2v) is 10.5. The quantitative estimate of drug-likeness (QED) is 0.164. The standard InChI is InChI=1S/C33H25N7O7/c1-33(36-32(42)47-21-22-10-4-2-5-11-22)30(41)38(26-15-9-8-14-25(26)29(35-33)23-12-6-3-7-13-23)31-34-18-19-37(31)27-17-16-24(39(43)44)20-28(27)40(45)46/h2-20H,21H2,1H3,(H,36,42). The summed E-state index contributed by atoms with van der Waals surface area (Å²) >= 11 is 0. The summed E-state index contributed by atoms with van der Waals surface area (Å²) in [5.41, 5.74) is -0.542. The molecule has 0 aliphatic carbocycles. The first-order valence-corrected chi connectivity index (χ1v) is 14.2. The number of alkyl carbamates (subject to hydrolysis) is 1. The van der Waals surface area contributed by atoms with E-state index >= 15 is 0 Å². The van der Waals surface area contributed by atoms with Crippen molar-refractivity contribution in [2.24, 2.45) is 4.99 Å². The van der Waals surface area contributed by atoms with Crippen molar-refractivity contribution in [3.8, 4) is 5.69 Å². The molecule has 0 saturated carbocycles. The van der Waals surface area contributed by atoms with Crippen molar-refractivity contribution >= 4 is 40.7 Å². The van der Waals surface area contributed by atoms with Crippen molar-refractivity contribution in [2.75, 3.05) is 4.90 Å². The van der Waals surface area contributed by atoms with Gasteiger partial charge in [0.2, 0.25) is 11.6 Å². The normalized spacial score (nSPS) is 15.6. The van der Waals surface area contributed by atoms with Gasteiger partial charge in [0.25, 0.3) is 17.3 Å². The monoisotopic (exact) mass is 631 g/mol. The zero-order valence-corrected chi connectivity index (χ0v) is 24.7. The van der Waals surface area contributed by atoms with Gasteiger partial charge in [-0.2, -0.15) is 0 Å². The summed E-state index contributed by atoms with van der Waals surface area (Å²) in [6.45, 7) is 1.35. The number of amides is 2. The van der Waals surface area contributed by atoms with Crippen LogP contribution in [0.1, 0.15) is 23.6 Å². The van der Waals surface area contributed by atoms with E-state index in [4.69, 9.17) is 9.73 Å². The van der Waals surface area contributed by atoms with Crippen molar-refractivity contribution in [3.63, 3.8) is 0 Å². The molecule has 2 heterocycles. The lowest BCUT2D eigenvalue weighted by Crippen LogP contribution is -2.56. The van der Waals surface area contributed by atoms with Gasteiger partial charge in [0.05, 0.1) is 27.3 Å². The first kappa shape index (κ1) is 30.3. The molecule has 0 fully saturated rings. The van der Waals surface area contributed by atoms with Gasteiger partial charge in [-0.05, 0) is 24.6 Å². The maximum atomic E-state index is 14.7. The highest BCUT2D eigenvalue weighted by Gasteiger charge is 2.45. The fraction of sp³-hybridized carbons (Fsp3) is 0.0909. The molecule has 1 unspecified atom stereocenters. The lowest BCUT2D eigenvalue weighted by Gasteiger charge is -2.30. The molecule has 0 saturated heterocycles. The van der Waals surface area contributed by atoms with Crippen LogP contribution in [0.4, 0.5) is 27.8 Å². The van der Waals surface area contributed by atoms with Crippen LogP contribution in [0, 0.1) is 20.2 Å². The molecule has 0 radical (unpaired) electrons. The van der Waals surface area contributed by atoms with Gasteiger partial charge in [0, 0.05) is 29.6 Å². The lowest BCUT2D eigenvalue weighted by molar-refractivity contribution is -0.394. The molecule has 1 aromatic heterocycles. The van der Waals surface area contributed by atoms with E-state index in [1.165, 1.54) is 34.9 Å². The van der Waals surface area contributed by atoms with Crippen LogP contribution in [-0.2, 0) is 16.1 Å². The van der Waals surface area contributed by atoms with E-state index < -0.39 is 38.9 Å². The Morgan fingerprint density at radius 1 is 0.894 bits per heavy atom. The molecule has 234 valence electrons. The number of aromatic nitrogens is 2. The summed E-state index contributed by atoms with van der Waals surface area (Å²) in [7, 11) is 0. The summed E-state index contributed by atoms with van der Waals surface area (Å²) < 4.78 is 6.73. The van der Waals surface area contributed by atoms with Crippen LogP contribution in [0.15, 0.2) is 121 Å². The molecule has 1 aliphatic heterocycles. The molecular weight excluding hydrogens is 606 g/mol. The number of benzodiazepines with no additional fused rings is 1. The summed E-state index contributed by atoms with van der Waals surface area (Å²) in [6.07, 6.45) is 1.81. The maximum Gasteiger partial charge on any atom is 0.409 e. The number of nitro benzene ring substituents is 2. The topological polar surface area (TPSA) is 175 Å². The number of benzene rings is 4. The number of para-hydroxylation sites is 1. The Morgan fingerprint density at radius 2 is 1.57 bits per heavy atom. The van der Waals surface area contributed by atoms with Crippen molar-refractivity contribution in [1.29, 1.82) is 0 Å². The molecule has 14 nitrogen and oxygen atoms in total. The first-order valence-electron chi connectivity index (χ1n) is 14.2. The zero-order chi connectivity index (χ0) is 33.1. The highest BCUT2D eigenvalue weighted by atomic mass is 16.6. The van der Waals surface area contributed by atoms with Gasteiger partial charge in [-0.3, -0.25) is 34.9 Å². The number of ether oxygens (including phenoxy) is 1. The van der Waals surface area contributed by atoms with E-state index in [-0.39, 0.29) is 18.2 Å². The van der Waals surface area contributed by atoms with Crippen molar-refractivity contribution in [3.05, 3.63) is 152 Å². The number of anilines is 2. The Kier molecular flexibility index (Phi) is 7.98. The number of aliphatic imine (C=N–C) groups is 1. The number of rotatable bonds is 8. The number of non-ortho nitro benzene ring substituents is 1. The molecule has 0 bridgehead atoms. The Morgan fingerprint density at radius 3 is 2.28 bits per heavy atom.